The van der Waals surface area contributed by atoms with E-state index in [0.29, 0.717) is 10.4 Å². The van der Waals surface area contributed by atoms with Gasteiger partial charge in [0.15, 0.2) is 5.06 Å². The molecule has 0 fully saturated rings. The first-order chi connectivity index (χ1) is 18.7. The number of methoxy groups -OCH3 is 1. The summed E-state index contributed by atoms with van der Waals surface area (Å²) in [5.74, 6) is -16.2. The summed E-state index contributed by atoms with van der Waals surface area (Å²) in [5.41, 5.74) is -3.09. The Labute approximate surface area is 236 Å². The third-order valence-corrected chi connectivity index (χ3v) is 10.5. The number of hydrogen-bond acceptors (Lipinski definition) is 6. The van der Waals surface area contributed by atoms with E-state index in [4.69, 9.17) is 4.74 Å². The lowest BCUT2D eigenvalue weighted by atomic mass is 9.91. The largest absolute Gasteiger partial charge is 0.487 e. The summed E-state index contributed by atoms with van der Waals surface area (Å²) >= 11 is 2.57. The highest BCUT2D eigenvalue weighted by atomic mass is 32.1. The first-order valence-corrected chi connectivity index (χ1v) is 14.1. The van der Waals surface area contributed by atoms with Crippen LogP contribution in [0.15, 0.2) is 42.5 Å². The van der Waals surface area contributed by atoms with Gasteiger partial charge in [-0.1, -0.05) is 53.0 Å². The summed E-state index contributed by atoms with van der Waals surface area (Å²) in [7, 11) is 1.12. The molecule has 0 N–H and O–H groups in total. The van der Waals surface area contributed by atoms with Crippen LogP contribution in [0.1, 0.15) is 27.1 Å². The SMILES string of the molecule is COc1sc(-c2ccc([N+](=O)[O-])s2)c(C)c1C1=C(c2c(C)sc(-c3ccccc3)c2C)C(F)(F)C(F)(F)C1(F)F. The van der Waals surface area contributed by atoms with Crippen LogP contribution < -0.4 is 4.74 Å². The van der Waals surface area contributed by atoms with Gasteiger partial charge in [0.05, 0.1) is 21.8 Å². The van der Waals surface area contributed by atoms with Gasteiger partial charge in [-0.2, -0.15) is 26.3 Å². The molecule has 0 amide bonds. The third-order valence-electron chi connectivity index (χ3n) is 6.82. The van der Waals surface area contributed by atoms with Crippen molar-refractivity contribution in [1.82, 2.24) is 0 Å². The number of hydrogen-bond donors (Lipinski definition) is 0. The lowest BCUT2D eigenvalue weighted by molar-refractivity contribution is -0.380. The Kier molecular flexibility index (Phi) is 6.70. The van der Waals surface area contributed by atoms with Gasteiger partial charge in [0.25, 0.3) is 0 Å². The Morgan fingerprint density at radius 2 is 1.35 bits per heavy atom. The topological polar surface area (TPSA) is 52.4 Å². The van der Waals surface area contributed by atoms with Crippen LogP contribution in [0, 0.1) is 30.9 Å². The number of rotatable bonds is 6. The number of aryl methyl sites for hydroxylation is 1. The second kappa shape index (κ2) is 9.45. The third kappa shape index (κ3) is 3.85. The minimum absolute atomic E-state index is 0.0203. The first-order valence-electron chi connectivity index (χ1n) is 11.6. The predicted octanol–water partition coefficient (Wildman–Crippen LogP) is 9.88. The Balaban J connectivity index is 1.86. The molecule has 40 heavy (non-hydrogen) atoms. The molecule has 210 valence electrons. The van der Waals surface area contributed by atoms with E-state index in [-0.39, 0.29) is 41.4 Å². The zero-order valence-electron chi connectivity index (χ0n) is 21.2. The van der Waals surface area contributed by atoms with Gasteiger partial charge in [0.2, 0.25) is 0 Å². The molecule has 0 aliphatic heterocycles. The standard InChI is InChI=1S/C27H19F6NO3S3/c1-12-18(14(3)38-22(12)15-8-6-5-7-9-15)20-21(26(30,31)27(32,33)25(20,28)29)19-13(2)23(40-24(19)37-4)16-10-11-17(39-16)34(35)36/h5-11H,1-4H3. The van der Waals surface area contributed by atoms with Gasteiger partial charge in [0, 0.05) is 38.1 Å². The van der Waals surface area contributed by atoms with E-state index in [2.05, 4.69) is 0 Å². The maximum atomic E-state index is 15.7. The molecule has 3 aromatic heterocycles. The maximum Gasteiger partial charge on any atom is 0.380 e. The van der Waals surface area contributed by atoms with Crippen molar-refractivity contribution < 1.29 is 36.0 Å². The quantitative estimate of drug-likeness (QED) is 0.123. The second-order valence-electron chi connectivity index (χ2n) is 9.14. The van der Waals surface area contributed by atoms with Crippen molar-refractivity contribution in [1.29, 1.82) is 0 Å². The van der Waals surface area contributed by atoms with Crippen LogP contribution in [0.4, 0.5) is 31.3 Å². The van der Waals surface area contributed by atoms with E-state index >= 15 is 26.3 Å². The summed E-state index contributed by atoms with van der Waals surface area (Å²) in [6.45, 7) is 4.21. The van der Waals surface area contributed by atoms with Crippen molar-refractivity contribution in [3.63, 3.8) is 0 Å². The van der Waals surface area contributed by atoms with Crippen molar-refractivity contribution >= 4 is 50.2 Å². The minimum Gasteiger partial charge on any atom is -0.487 e. The summed E-state index contributed by atoms with van der Waals surface area (Å²) in [4.78, 5) is 11.7. The number of nitrogens with zero attached hydrogens (tertiary/aromatic N) is 1. The molecule has 0 bridgehead atoms. The van der Waals surface area contributed by atoms with Crippen molar-refractivity contribution in [2.45, 2.75) is 38.5 Å². The van der Waals surface area contributed by atoms with Crippen LogP contribution in [0.5, 0.6) is 5.06 Å². The fourth-order valence-electron chi connectivity index (χ4n) is 4.98. The van der Waals surface area contributed by atoms with Crippen LogP contribution in [0.2, 0.25) is 0 Å². The highest BCUT2D eigenvalue weighted by Gasteiger charge is 2.81. The molecular formula is C27H19F6NO3S3. The zero-order chi connectivity index (χ0) is 29.4. The molecule has 1 aliphatic carbocycles. The molecule has 0 atom stereocenters. The fraction of sp³-hybridized carbons (Fsp3) is 0.259. The molecule has 0 saturated heterocycles. The summed E-state index contributed by atoms with van der Waals surface area (Å²) < 4.78 is 98.2. The number of alkyl halides is 6. The maximum absolute atomic E-state index is 15.7. The van der Waals surface area contributed by atoms with Crippen molar-refractivity contribution in [2.24, 2.45) is 0 Å². The van der Waals surface area contributed by atoms with E-state index in [9.17, 15) is 10.1 Å². The highest BCUT2D eigenvalue weighted by Crippen LogP contribution is 2.68. The first kappa shape index (κ1) is 28.4. The molecule has 0 saturated carbocycles. The number of halogens is 6. The highest BCUT2D eigenvalue weighted by molar-refractivity contribution is 7.24. The van der Waals surface area contributed by atoms with Crippen LogP contribution in [-0.2, 0) is 0 Å². The molecule has 0 unspecified atom stereocenters. The molecule has 5 rings (SSSR count). The molecule has 0 spiro atoms. The van der Waals surface area contributed by atoms with Crippen LogP contribution in [-0.4, -0.2) is 29.8 Å². The average Bonchev–Trinajstić information content (AvgIpc) is 3.60. The van der Waals surface area contributed by atoms with Gasteiger partial charge in [-0.3, -0.25) is 10.1 Å². The van der Waals surface area contributed by atoms with E-state index in [1.807, 2.05) is 0 Å². The van der Waals surface area contributed by atoms with Gasteiger partial charge < -0.3 is 4.74 Å². The summed E-state index contributed by atoms with van der Waals surface area (Å²) in [6.07, 6.45) is 0. The predicted molar refractivity (Wildman–Crippen MR) is 146 cm³/mol. The van der Waals surface area contributed by atoms with Crippen LogP contribution in [0.3, 0.4) is 0 Å². The molecule has 0 radical (unpaired) electrons. The number of nitro groups is 1. The Hall–Kier alpha value is -3.16. The minimum atomic E-state index is -5.74. The fourth-order valence-corrected chi connectivity index (χ4v) is 8.27. The number of thiophene rings is 3. The van der Waals surface area contributed by atoms with Crippen molar-refractivity contribution in [2.75, 3.05) is 7.11 Å². The number of benzene rings is 1. The lowest BCUT2D eigenvalue weighted by Crippen LogP contribution is -2.49. The van der Waals surface area contributed by atoms with Gasteiger partial charge in [-0.15, -0.1) is 11.3 Å². The summed E-state index contributed by atoms with van der Waals surface area (Å²) in [6, 6.07) is 11.2. The Morgan fingerprint density at radius 3 is 1.90 bits per heavy atom. The average molecular weight is 616 g/mol. The molecule has 1 aromatic carbocycles. The van der Waals surface area contributed by atoms with E-state index in [0.717, 1.165) is 41.1 Å². The molecule has 4 nitrogen and oxygen atoms in total. The number of ether oxygens (including phenoxy) is 1. The monoisotopic (exact) mass is 615 g/mol. The van der Waals surface area contributed by atoms with E-state index < -0.39 is 39.4 Å². The molecular weight excluding hydrogens is 596 g/mol. The van der Waals surface area contributed by atoms with Crippen molar-refractivity contribution in [3.8, 4) is 25.3 Å². The number of allylic oxidation sites excluding steroid dienone is 2. The van der Waals surface area contributed by atoms with Crippen LogP contribution >= 0.6 is 34.0 Å². The zero-order valence-corrected chi connectivity index (χ0v) is 23.7. The molecule has 13 heteroatoms. The molecule has 3 heterocycles. The van der Waals surface area contributed by atoms with Crippen LogP contribution in [0.25, 0.3) is 31.3 Å². The van der Waals surface area contributed by atoms with Crippen molar-refractivity contribution in [3.05, 3.63) is 79.7 Å². The van der Waals surface area contributed by atoms with E-state index in [1.54, 1.807) is 30.3 Å². The van der Waals surface area contributed by atoms with Gasteiger partial charge in [-0.05, 0) is 43.5 Å². The Bertz CT molecular complexity index is 1680. The molecule has 1 aliphatic rings. The lowest BCUT2D eigenvalue weighted by Gasteiger charge is -2.26. The molecule has 4 aromatic rings. The summed E-state index contributed by atoms with van der Waals surface area (Å²) in [5, 5.41) is 10.7. The smallest absolute Gasteiger partial charge is 0.380 e. The van der Waals surface area contributed by atoms with Gasteiger partial charge in [0.1, 0.15) is 0 Å². The second-order valence-corrected chi connectivity index (χ2v) is 12.4. The Morgan fingerprint density at radius 1 is 0.775 bits per heavy atom. The van der Waals surface area contributed by atoms with E-state index in [1.165, 1.54) is 32.9 Å². The normalized spacial score (nSPS) is 17.4. The van der Waals surface area contributed by atoms with Gasteiger partial charge >= 0.3 is 22.8 Å². The van der Waals surface area contributed by atoms with Gasteiger partial charge in [-0.25, -0.2) is 0 Å².